The molecular weight excluding hydrogens is 410 g/mol. The number of aromatic nitrogens is 3. The van der Waals surface area contributed by atoms with Crippen LogP contribution >= 0.6 is 11.3 Å². The predicted octanol–water partition coefficient (Wildman–Crippen LogP) is 4.11. The summed E-state index contributed by atoms with van der Waals surface area (Å²) in [7, 11) is 2.14. The zero-order valence-electron chi connectivity index (χ0n) is 18.2. The Morgan fingerprint density at radius 2 is 1.90 bits per heavy atom. The number of piperidine rings is 1. The van der Waals surface area contributed by atoms with Crippen LogP contribution in [0.4, 0.5) is 0 Å². The molecule has 1 unspecified atom stereocenters. The first-order valence-electron chi connectivity index (χ1n) is 10.8. The Balaban J connectivity index is 1.26. The number of aryl methyl sites for hydroxylation is 2. The minimum atomic E-state index is 0.131. The minimum Gasteiger partial charge on any atom is -0.338 e. The smallest absolute Gasteiger partial charge is 0.265 e. The monoisotopic (exact) mass is 437 g/mol. The number of hydrogen-bond donors (Lipinski definition) is 0. The van der Waals surface area contributed by atoms with Crippen LogP contribution in [0.1, 0.15) is 51.5 Å². The molecule has 3 aromatic rings. The molecular formula is C23H27N5O2S. The Labute approximate surface area is 186 Å². The van der Waals surface area contributed by atoms with Crippen LogP contribution in [0.5, 0.6) is 0 Å². The summed E-state index contributed by atoms with van der Waals surface area (Å²) < 4.78 is 5.55. The van der Waals surface area contributed by atoms with Gasteiger partial charge in [-0.15, -0.1) is 11.3 Å². The molecule has 2 aliphatic rings. The molecule has 31 heavy (non-hydrogen) atoms. The Kier molecular flexibility index (Phi) is 5.14. The lowest BCUT2D eigenvalue weighted by molar-refractivity contribution is 0.0597. The van der Waals surface area contributed by atoms with Crippen LogP contribution in [0, 0.1) is 19.3 Å². The number of carbonyl (C=O) groups excluding carboxylic acids is 1. The highest BCUT2D eigenvalue weighted by Crippen LogP contribution is 2.48. The van der Waals surface area contributed by atoms with Crippen molar-refractivity contribution in [3.8, 4) is 11.5 Å². The molecule has 1 spiro atoms. The summed E-state index contributed by atoms with van der Waals surface area (Å²) in [6.07, 6.45) is 3.00. The zero-order chi connectivity index (χ0) is 21.6. The molecule has 5 rings (SSSR count). The van der Waals surface area contributed by atoms with E-state index in [1.807, 2.05) is 49.1 Å². The molecule has 0 aliphatic carbocycles. The number of thiazole rings is 1. The number of rotatable bonds is 3. The van der Waals surface area contributed by atoms with E-state index < -0.39 is 0 Å². The van der Waals surface area contributed by atoms with Gasteiger partial charge in [0.2, 0.25) is 0 Å². The molecule has 2 aromatic heterocycles. The summed E-state index contributed by atoms with van der Waals surface area (Å²) >= 11 is 1.50. The lowest BCUT2D eigenvalue weighted by atomic mass is 9.76. The van der Waals surface area contributed by atoms with Gasteiger partial charge in [0.25, 0.3) is 11.8 Å². The fraction of sp³-hybridized carbons (Fsp3) is 0.478. The van der Waals surface area contributed by atoms with Gasteiger partial charge in [-0.2, -0.15) is 4.98 Å². The highest BCUT2D eigenvalue weighted by molar-refractivity contribution is 7.13. The van der Waals surface area contributed by atoms with Gasteiger partial charge in [-0.25, -0.2) is 4.98 Å². The highest BCUT2D eigenvalue weighted by Gasteiger charge is 2.46. The van der Waals surface area contributed by atoms with E-state index in [4.69, 9.17) is 9.51 Å². The average molecular weight is 438 g/mol. The Bertz CT molecular complexity index is 1080. The van der Waals surface area contributed by atoms with Crippen molar-refractivity contribution in [1.29, 1.82) is 0 Å². The Morgan fingerprint density at radius 1 is 1.16 bits per heavy atom. The lowest BCUT2D eigenvalue weighted by Gasteiger charge is -2.39. The van der Waals surface area contributed by atoms with Crippen molar-refractivity contribution in [2.24, 2.45) is 5.41 Å². The summed E-state index contributed by atoms with van der Waals surface area (Å²) in [5.41, 5.74) is 1.99. The van der Waals surface area contributed by atoms with Crippen molar-refractivity contribution in [3.05, 3.63) is 51.7 Å². The molecule has 0 N–H and O–H groups in total. The predicted molar refractivity (Wildman–Crippen MR) is 119 cm³/mol. The first-order valence-corrected chi connectivity index (χ1v) is 11.6. The first-order chi connectivity index (χ1) is 14.9. The minimum absolute atomic E-state index is 0.131. The highest BCUT2D eigenvalue weighted by atomic mass is 32.1. The molecule has 2 saturated heterocycles. The molecule has 1 atom stereocenters. The fourth-order valence-electron chi connectivity index (χ4n) is 5.05. The van der Waals surface area contributed by atoms with Gasteiger partial charge in [-0.1, -0.05) is 23.4 Å². The summed E-state index contributed by atoms with van der Waals surface area (Å²) in [6.45, 7) is 6.45. The van der Waals surface area contributed by atoms with Gasteiger partial charge in [-0.05, 0) is 57.7 Å². The largest absolute Gasteiger partial charge is 0.338 e. The number of amides is 1. The van der Waals surface area contributed by atoms with E-state index >= 15 is 0 Å². The van der Waals surface area contributed by atoms with E-state index in [0.717, 1.165) is 65.9 Å². The molecule has 7 nitrogen and oxygen atoms in total. The fourth-order valence-corrected chi connectivity index (χ4v) is 5.93. The number of nitrogens with zero attached hydrogens (tertiary/aromatic N) is 5. The zero-order valence-corrected chi connectivity index (χ0v) is 19.0. The quantitative estimate of drug-likeness (QED) is 0.614. The molecule has 1 amide bonds. The van der Waals surface area contributed by atoms with Crippen molar-refractivity contribution in [1.82, 2.24) is 24.9 Å². The molecule has 4 heterocycles. The summed E-state index contributed by atoms with van der Waals surface area (Å²) in [6, 6.07) is 10.0. The number of hydrogen-bond acceptors (Lipinski definition) is 7. The molecule has 0 radical (unpaired) electrons. The second kappa shape index (κ2) is 7.84. The van der Waals surface area contributed by atoms with E-state index in [1.165, 1.54) is 11.3 Å². The molecule has 2 aliphatic heterocycles. The van der Waals surface area contributed by atoms with Gasteiger partial charge >= 0.3 is 0 Å². The second-order valence-electron chi connectivity index (χ2n) is 8.90. The van der Waals surface area contributed by atoms with Crippen LogP contribution < -0.4 is 0 Å². The molecule has 2 fully saturated rings. The molecule has 1 aromatic carbocycles. The summed E-state index contributed by atoms with van der Waals surface area (Å²) in [5.74, 6) is 1.46. The molecule has 8 heteroatoms. The Morgan fingerprint density at radius 3 is 2.58 bits per heavy atom. The van der Waals surface area contributed by atoms with E-state index in [2.05, 4.69) is 22.1 Å². The Hall–Kier alpha value is -2.58. The van der Waals surface area contributed by atoms with Gasteiger partial charge in [0, 0.05) is 25.2 Å². The van der Waals surface area contributed by atoms with E-state index in [1.54, 1.807) is 0 Å². The third-order valence-corrected chi connectivity index (χ3v) is 7.77. The van der Waals surface area contributed by atoms with Crippen molar-refractivity contribution in [3.63, 3.8) is 0 Å². The average Bonchev–Trinajstić information content (AvgIpc) is 3.46. The lowest BCUT2D eigenvalue weighted by Crippen LogP contribution is -2.44. The maximum absolute atomic E-state index is 13.0. The molecule has 162 valence electrons. The third kappa shape index (κ3) is 3.78. The standard InChI is InChI=1S/C23H27N5O2S/c1-15-19(31-16(2)24-15)22(29)28-11-9-23(10-12-28)13-18(27(3)14-23)20-25-21(30-26-20)17-7-5-4-6-8-17/h4-8,18H,9-14H2,1-3H3. The van der Waals surface area contributed by atoms with Gasteiger partial charge in [0.05, 0.1) is 16.7 Å². The molecule has 0 bridgehead atoms. The third-order valence-electron chi connectivity index (χ3n) is 6.71. The topological polar surface area (TPSA) is 75.4 Å². The van der Waals surface area contributed by atoms with Crippen molar-refractivity contribution >= 4 is 17.2 Å². The van der Waals surface area contributed by atoms with Crippen LogP contribution in [0.2, 0.25) is 0 Å². The van der Waals surface area contributed by atoms with Gasteiger partial charge in [-0.3, -0.25) is 9.69 Å². The van der Waals surface area contributed by atoms with Crippen molar-refractivity contribution in [2.45, 2.75) is 39.2 Å². The summed E-state index contributed by atoms with van der Waals surface area (Å²) in [4.78, 5) is 27.2. The van der Waals surface area contributed by atoms with Gasteiger partial charge in [0.1, 0.15) is 4.88 Å². The van der Waals surface area contributed by atoms with Gasteiger partial charge in [0.15, 0.2) is 5.82 Å². The number of likely N-dealkylation sites (tertiary alicyclic amines) is 2. The number of benzene rings is 1. The SMILES string of the molecule is Cc1nc(C)c(C(=O)N2CCC3(CC2)CC(c2noc(-c4ccccc4)n2)N(C)C3)s1. The van der Waals surface area contributed by atoms with Crippen molar-refractivity contribution in [2.75, 3.05) is 26.7 Å². The second-order valence-corrected chi connectivity index (χ2v) is 10.1. The van der Waals surface area contributed by atoms with Crippen LogP contribution in [0.15, 0.2) is 34.9 Å². The van der Waals surface area contributed by atoms with Crippen molar-refractivity contribution < 1.29 is 9.32 Å². The first kappa shape index (κ1) is 20.3. The molecule has 0 saturated carbocycles. The van der Waals surface area contributed by atoms with Crippen LogP contribution in [0.25, 0.3) is 11.5 Å². The van der Waals surface area contributed by atoms with Gasteiger partial charge < -0.3 is 9.42 Å². The summed E-state index contributed by atoms with van der Waals surface area (Å²) in [5, 5.41) is 5.25. The van der Waals surface area contributed by atoms with Crippen LogP contribution in [-0.2, 0) is 0 Å². The van der Waals surface area contributed by atoms with Crippen LogP contribution in [-0.4, -0.2) is 57.5 Å². The normalized spacial score (nSPS) is 21.1. The van der Waals surface area contributed by atoms with E-state index in [9.17, 15) is 4.79 Å². The maximum Gasteiger partial charge on any atom is 0.265 e. The van der Waals surface area contributed by atoms with E-state index in [-0.39, 0.29) is 17.4 Å². The number of carbonyl (C=O) groups is 1. The maximum atomic E-state index is 13.0. The van der Waals surface area contributed by atoms with E-state index in [0.29, 0.717) is 5.89 Å². The van der Waals surface area contributed by atoms with Crippen LogP contribution in [0.3, 0.4) is 0 Å².